The number of carbonyl (C=O) groups is 1. The number of carbonyl (C=O) groups excluding carboxylic acids is 1. The van der Waals surface area contributed by atoms with E-state index in [9.17, 15) is 19.8 Å². The van der Waals surface area contributed by atoms with Gasteiger partial charge >= 0.3 is 5.69 Å². The standard InChI is InChI=1S/C29H33N5O5/c1-18(2)30-13-14-39-26-12-8-6-10-20(26)17-33(4)28(37)22-15-21(24(35)16-25(22)36)27-31-32-29(38)34(27)23-11-7-5-9-19(23)3/h5-12,15-16,18,30,35-36H,13-14,17H2,1-4H3,(H,32,38). The van der Waals surface area contributed by atoms with Crippen molar-refractivity contribution in [2.75, 3.05) is 20.2 Å². The molecular formula is C29H33N5O5. The van der Waals surface area contributed by atoms with Crippen LogP contribution in [0, 0.1) is 6.92 Å². The molecule has 1 aromatic heterocycles. The number of hydrogen-bond donors (Lipinski definition) is 4. The number of H-pyrrole nitrogens is 1. The third-order valence-corrected chi connectivity index (χ3v) is 6.25. The molecule has 0 spiro atoms. The first-order valence-corrected chi connectivity index (χ1v) is 12.7. The topological polar surface area (TPSA) is 133 Å². The van der Waals surface area contributed by atoms with Gasteiger partial charge in [0.15, 0.2) is 5.82 Å². The summed E-state index contributed by atoms with van der Waals surface area (Å²) in [6, 6.07) is 17.5. The number of nitrogens with zero attached hydrogens (tertiary/aromatic N) is 3. The molecule has 4 aromatic rings. The van der Waals surface area contributed by atoms with Gasteiger partial charge in [-0.05, 0) is 30.7 Å². The number of benzene rings is 3. The van der Waals surface area contributed by atoms with Gasteiger partial charge in [-0.15, -0.1) is 0 Å². The molecule has 4 rings (SSSR count). The highest BCUT2D eigenvalue weighted by Gasteiger charge is 2.24. The van der Waals surface area contributed by atoms with Crippen molar-refractivity contribution in [2.45, 2.75) is 33.4 Å². The first kappa shape index (κ1) is 27.5. The molecule has 3 aromatic carbocycles. The number of aromatic amines is 1. The van der Waals surface area contributed by atoms with Gasteiger partial charge in [-0.25, -0.2) is 14.5 Å². The van der Waals surface area contributed by atoms with Crippen LogP contribution in [0.3, 0.4) is 0 Å². The molecule has 0 aliphatic carbocycles. The zero-order chi connectivity index (χ0) is 28.1. The number of aromatic hydroxyl groups is 2. The average Bonchev–Trinajstić information content (AvgIpc) is 3.28. The summed E-state index contributed by atoms with van der Waals surface area (Å²) in [7, 11) is 1.61. The summed E-state index contributed by atoms with van der Waals surface area (Å²) in [4.78, 5) is 27.6. The maximum Gasteiger partial charge on any atom is 0.348 e. The lowest BCUT2D eigenvalue weighted by Crippen LogP contribution is -2.28. The van der Waals surface area contributed by atoms with E-state index in [-0.39, 0.29) is 29.2 Å². The number of phenols is 2. The monoisotopic (exact) mass is 531 g/mol. The van der Waals surface area contributed by atoms with Gasteiger partial charge in [-0.2, -0.15) is 5.10 Å². The molecule has 0 saturated heterocycles. The minimum absolute atomic E-state index is 0.0448. The normalized spacial score (nSPS) is 11.1. The number of aryl methyl sites for hydroxylation is 1. The van der Waals surface area contributed by atoms with Crippen molar-refractivity contribution in [3.63, 3.8) is 0 Å². The van der Waals surface area contributed by atoms with E-state index in [1.54, 1.807) is 19.2 Å². The van der Waals surface area contributed by atoms with E-state index < -0.39 is 17.3 Å². The lowest BCUT2D eigenvalue weighted by Gasteiger charge is -2.21. The third-order valence-electron chi connectivity index (χ3n) is 6.25. The lowest BCUT2D eigenvalue weighted by molar-refractivity contribution is 0.0781. The third kappa shape index (κ3) is 6.12. The minimum atomic E-state index is -0.503. The fourth-order valence-corrected chi connectivity index (χ4v) is 4.26. The molecule has 1 heterocycles. The Balaban J connectivity index is 1.62. The maximum absolute atomic E-state index is 13.5. The minimum Gasteiger partial charge on any atom is -0.507 e. The number of hydrogen-bond acceptors (Lipinski definition) is 7. The second kappa shape index (κ2) is 11.9. The molecule has 0 radical (unpaired) electrons. The van der Waals surface area contributed by atoms with Crippen molar-refractivity contribution in [1.29, 1.82) is 0 Å². The molecule has 10 heteroatoms. The van der Waals surface area contributed by atoms with Crippen molar-refractivity contribution in [3.05, 3.63) is 87.8 Å². The van der Waals surface area contributed by atoms with Gasteiger partial charge in [0, 0.05) is 37.8 Å². The predicted molar refractivity (Wildman–Crippen MR) is 149 cm³/mol. The van der Waals surface area contributed by atoms with Crippen LogP contribution in [-0.4, -0.2) is 62.0 Å². The molecule has 39 heavy (non-hydrogen) atoms. The van der Waals surface area contributed by atoms with E-state index in [2.05, 4.69) is 29.4 Å². The molecule has 0 unspecified atom stereocenters. The number of nitrogens with one attached hydrogen (secondary N) is 2. The van der Waals surface area contributed by atoms with Gasteiger partial charge in [-0.1, -0.05) is 50.2 Å². The van der Waals surface area contributed by atoms with Crippen LogP contribution in [0.5, 0.6) is 17.2 Å². The second-order valence-corrected chi connectivity index (χ2v) is 9.59. The van der Waals surface area contributed by atoms with Crippen molar-refractivity contribution >= 4 is 5.91 Å². The predicted octanol–water partition coefficient (Wildman–Crippen LogP) is 3.60. The van der Waals surface area contributed by atoms with Crippen molar-refractivity contribution < 1.29 is 19.7 Å². The van der Waals surface area contributed by atoms with Gasteiger partial charge in [-0.3, -0.25) is 4.79 Å². The highest BCUT2D eigenvalue weighted by atomic mass is 16.5. The molecule has 0 fully saturated rings. The first-order valence-electron chi connectivity index (χ1n) is 12.7. The van der Waals surface area contributed by atoms with E-state index >= 15 is 0 Å². The van der Waals surface area contributed by atoms with Crippen LogP contribution >= 0.6 is 0 Å². The molecule has 1 amide bonds. The van der Waals surface area contributed by atoms with Gasteiger partial charge < -0.3 is 25.2 Å². The Morgan fingerprint density at radius 2 is 1.82 bits per heavy atom. The quantitative estimate of drug-likeness (QED) is 0.230. The molecule has 0 bridgehead atoms. The summed E-state index contributed by atoms with van der Waals surface area (Å²) < 4.78 is 7.25. The van der Waals surface area contributed by atoms with Crippen LogP contribution in [0.25, 0.3) is 17.1 Å². The summed E-state index contributed by atoms with van der Waals surface area (Å²) in [6.07, 6.45) is 0. The first-order chi connectivity index (χ1) is 18.7. The highest BCUT2D eigenvalue weighted by Crippen LogP contribution is 2.35. The zero-order valence-corrected chi connectivity index (χ0v) is 22.4. The largest absolute Gasteiger partial charge is 0.507 e. The van der Waals surface area contributed by atoms with E-state index in [0.717, 1.165) is 17.2 Å². The van der Waals surface area contributed by atoms with E-state index in [4.69, 9.17) is 4.74 Å². The second-order valence-electron chi connectivity index (χ2n) is 9.59. The van der Waals surface area contributed by atoms with Crippen LogP contribution < -0.4 is 15.7 Å². The lowest BCUT2D eigenvalue weighted by atomic mass is 10.1. The number of para-hydroxylation sites is 2. The molecule has 0 aliphatic heterocycles. The Kier molecular flexibility index (Phi) is 8.36. The Hall–Kier alpha value is -4.57. The summed E-state index contributed by atoms with van der Waals surface area (Å²) in [6.45, 7) is 7.35. The molecule has 204 valence electrons. The van der Waals surface area contributed by atoms with Crippen LogP contribution in [0.15, 0.2) is 65.5 Å². The molecule has 0 aliphatic rings. The SMILES string of the molecule is Cc1ccccc1-n1c(-c2cc(C(=O)N(C)Cc3ccccc3OCCNC(C)C)c(O)cc2O)n[nH]c1=O. The summed E-state index contributed by atoms with van der Waals surface area (Å²) in [5.41, 5.74) is 1.76. The van der Waals surface area contributed by atoms with Crippen molar-refractivity contribution in [1.82, 2.24) is 25.0 Å². The fourth-order valence-electron chi connectivity index (χ4n) is 4.26. The van der Waals surface area contributed by atoms with Gasteiger partial charge in [0.1, 0.15) is 23.9 Å². The Bertz CT molecular complexity index is 1520. The van der Waals surface area contributed by atoms with Crippen LogP contribution in [0.4, 0.5) is 0 Å². The van der Waals surface area contributed by atoms with Crippen molar-refractivity contribution in [3.8, 4) is 34.3 Å². The van der Waals surface area contributed by atoms with Crippen LogP contribution in [0.2, 0.25) is 0 Å². The molecule has 0 saturated carbocycles. The molecule has 0 atom stereocenters. The van der Waals surface area contributed by atoms with E-state index in [1.807, 2.05) is 43.3 Å². The van der Waals surface area contributed by atoms with Crippen LogP contribution in [-0.2, 0) is 6.54 Å². The number of rotatable bonds is 10. The summed E-state index contributed by atoms with van der Waals surface area (Å²) in [5.74, 6) is -0.424. The maximum atomic E-state index is 13.5. The molecule has 10 nitrogen and oxygen atoms in total. The average molecular weight is 532 g/mol. The smallest absolute Gasteiger partial charge is 0.348 e. The van der Waals surface area contributed by atoms with Gasteiger partial charge in [0.2, 0.25) is 0 Å². The summed E-state index contributed by atoms with van der Waals surface area (Å²) in [5, 5.41) is 31.1. The number of aromatic nitrogens is 3. The summed E-state index contributed by atoms with van der Waals surface area (Å²) >= 11 is 0. The number of amides is 1. The van der Waals surface area contributed by atoms with E-state index in [1.165, 1.54) is 15.5 Å². The Labute approximate surface area is 226 Å². The van der Waals surface area contributed by atoms with E-state index in [0.29, 0.717) is 30.6 Å². The Morgan fingerprint density at radius 3 is 2.56 bits per heavy atom. The van der Waals surface area contributed by atoms with Crippen LogP contribution in [0.1, 0.15) is 35.3 Å². The number of phenolic OH excluding ortho intramolecular Hbond substituents is 2. The molecular weight excluding hydrogens is 498 g/mol. The highest BCUT2D eigenvalue weighted by molar-refractivity contribution is 5.98. The number of ether oxygens (including phenoxy) is 1. The fraction of sp³-hybridized carbons (Fsp3) is 0.276. The van der Waals surface area contributed by atoms with Crippen molar-refractivity contribution in [2.24, 2.45) is 0 Å². The van der Waals surface area contributed by atoms with Gasteiger partial charge in [0.05, 0.1) is 16.8 Å². The molecule has 4 N–H and O–H groups in total. The zero-order valence-electron chi connectivity index (χ0n) is 22.4. The Morgan fingerprint density at radius 1 is 1.10 bits per heavy atom. The van der Waals surface area contributed by atoms with Gasteiger partial charge in [0.25, 0.3) is 5.91 Å².